The molecule has 2 atom stereocenters. The van der Waals surface area contributed by atoms with Crippen molar-refractivity contribution in [1.82, 2.24) is 10.1 Å². The molecule has 0 unspecified atom stereocenters. The zero-order valence-corrected chi connectivity index (χ0v) is 13.6. The van der Waals surface area contributed by atoms with Crippen LogP contribution in [0.25, 0.3) is 11.3 Å². The van der Waals surface area contributed by atoms with E-state index in [9.17, 15) is 9.59 Å². The lowest BCUT2D eigenvalue weighted by Gasteiger charge is -2.14. The lowest BCUT2D eigenvalue weighted by Crippen LogP contribution is -2.30. The van der Waals surface area contributed by atoms with Crippen LogP contribution < -0.4 is 0 Å². The summed E-state index contributed by atoms with van der Waals surface area (Å²) >= 11 is 5.88. The van der Waals surface area contributed by atoms with Gasteiger partial charge in [-0.15, -0.1) is 0 Å². The van der Waals surface area contributed by atoms with Crippen LogP contribution in [0.3, 0.4) is 0 Å². The number of benzene rings is 1. The molecular formula is C18H15ClN2O3. The average molecular weight is 343 g/mol. The van der Waals surface area contributed by atoms with Gasteiger partial charge in [0.25, 0.3) is 0 Å². The number of rotatable bonds is 3. The standard InChI is InChI=1S/C18H15ClN2O3/c19-12-7-5-11(6-8-12)16-9-13(24-20-16)10-21-17(22)14-3-1-2-4-15(14)18(21)23/h1-2,5-9,14-15H,3-4,10H2/t14-,15-/m1/s1. The van der Waals surface area contributed by atoms with Crippen LogP contribution in [0.15, 0.2) is 47.0 Å². The number of aromatic nitrogens is 1. The molecule has 2 amide bonds. The van der Waals surface area contributed by atoms with Crippen LogP contribution in [0.4, 0.5) is 0 Å². The largest absolute Gasteiger partial charge is 0.359 e. The summed E-state index contributed by atoms with van der Waals surface area (Å²) in [5.41, 5.74) is 1.52. The number of hydrogen-bond donors (Lipinski definition) is 0. The third-order valence-corrected chi connectivity index (χ3v) is 4.86. The molecule has 1 saturated heterocycles. The van der Waals surface area contributed by atoms with E-state index in [0.717, 1.165) is 5.56 Å². The molecule has 0 N–H and O–H groups in total. The van der Waals surface area contributed by atoms with Crippen molar-refractivity contribution in [2.45, 2.75) is 19.4 Å². The third kappa shape index (κ3) is 2.55. The molecule has 2 aromatic rings. The van der Waals surface area contributed by atoms with Crippen molar-refractivity contribution in [3.8, 4) is 11.3 Å². The number of amides is 2. The fourth-order valence-corrected chi connectivity index (χ4v) is 3.45. The molecule has 2 heterocycles. The summed E-state index contributed by atoms with van der Waals surface area (Å²) in [5.74, 6) is -0.173. The summed E-state index contributed by atoms with van der Waals surface area (Å²) < 4.78 is 5.32. The molecule has 0 spiro atoms. The lowest BCUT2D eigenvalue weighted by molar-refractivity contribution is -0.140. The number of carbonyl (C=O) groups excluding carboxylic acids is 2. The molecule has 1 aromatic carbocycles. The fourth-order valence-electron chi connectivity index (χ4n) is 3.32. The predicted octanol–water partition coefficient (Wildman–Crippen LogP) is 3.45. The van der Waals surface area contributed by atoms with Crippen molar-refractivity contribution in [2.75, 3.05) is 0 Å². The number of likely N-dealkylation sites (tertiary alicyclic amines) is 1. The number of nitrogens with zero attached hydrogens (tertiary/aromatic N) is 2. The van der Waals surface area contributed by atoms with E-state index in [1.807, 2.05) is 24.3 Å². The Hall–Kier alpha value is -2.40. The van der Waals surface area contributed by atoms with E-state index in [4.69, 9.17) is 16.1 Å². The van der Waals surface area contributed by atoms with Crippen LogP contribution in [-0.2, 0) is 16.1 Å². The number of hydrogen-bond acceptors (Lipinski definition) is 4. The highest BCUT2D eigenvalue weighted by Crippen LogP contribution is 2.36. The van der Waals surface area contributed by atoms with E-state index >= 15 is 0 Å². The summed E-state index contributed by atoms with van der Waals surface area (Å²) in [5, 5.41) is 4.66. The van der Waals surface area contributed by atoms with Crippen molar-refractivity contribution in [2.24, 2.45) is 11.8 Å². The maximum atomic E-state index is 12.5. The summed E-state index contributed by atoms with van der Waals surface area (Å²) in [7, 11) is 0. The molecule has 24 heavy (non-hydrogen) atoms. The van der Waals surface area contributed by atoms with E-state index in [0.29, 0.717) is 29.3 Å². The Morgan fingerprint density at radius 1 is 1.08 bits per heavy atom. The second-order valence-corrected chi connectivity index (χ2v) is 6.54. The van der Waals surface area contributed by atoms with Gasteiger partial charge in [0, 0.05) is 16.7 Å². The Labute approximate surface area is 143 Å². The number of imide groups is 1. The third-order valence-electron chi connectivity index (χ3n) is 4.61. The summed E-state index contributed by atoms with van der Waals surface area (Å²) in [6, 6.07) is 8.99. The molecule has 2 aliphatic rings. The average Bonchev–Trinajstić information content (AvgIpc) is 3.16. The van der Waals surface area contributed by atoms with Crippen LogP contribution >= 0.6 is 11.6 Å². The first-order valence-electron chi connectivity index (χ1n) is 7.85. The highest BCUT2D eigenvalue weighted by molar-refractivity contribution is 6.30. The molecule has 1 aliphatic carbocycles. The van der Waals surface area contributed by atoms with Gasteiger partial charge in [-0.2, -0.15) is 0 Å². The van der Waals surface area contributed by atoms with E-state index < -0.39 is 0 Å². The Balaban J connectivity index is 1.53. The Morgan fingerprint density at radius 3 is 2.33 bits per heavy atom. The highest BCUT2D eigenvalue weighted by atomic mass is 35.5. The molecule has 1 aromatic heterocycles. The van der Waals surface area contributed by atoms with Crippen LogP contribution in [0.5, 0.6) is 0 Å². The van der Waals surface area contributed by atoms with E-state index in [1.165, 1.54) is 4.90 Å². The first-order valence-corrected chi connectivity index (χ1v) is 8.23. The molecule has 0 saturated carbocycles. The van der Waals surface area contributed by atoms with Gasteiger partial charge in [0.1, 0.15) is 5.69 Å². The molecule has 0 bridgehead atoms. The zero-order chi connectivity index (χ0) is 16.7. The van der Waals surface area contributed by atoms with Crippen molar-refractivity contribution in [1.29, 1.82) is 0 Å². The van der Waals surface area contributed by atoms with Gasteiger partial charge in [-0.3, -0.25) is 14.5 Å². The van der Waals surface area contributed by atoms with Crippen molar-refractivity contribution in [3.63, 3.8) is 0 Å². The molecule has 122 valence electrons. The van der Waals surface area contributed by atoms with Gasteiger partial charge in [0.15, 0.2) is 5.76 Å². The number of fused-ring (bicyclic) bond motifs is 1. The minimum Gasteiger partial charge on any atom is -0.359 e. The Bertz CT molecular complexity index is 799. The molecule has 1 aliphatic heterocycles. The maximum absolute atomic E-state index is 12.5. The van der Waals surface area contributed by atoms with Crippen molar-refractivity contribution >= 4 is 23.4 Å². The molecule has 1 fully saturated rings. The van der Waals surface area contributed by atoms with E-state index in [-0.39, 0.29) is 30.2 Å². The van der Waals surface area contributed by atoms with Gasteiger partial charge in [-0.05, 0) is 25.0 Å². The van der Waals surface area contributed by atoms with E-state index in [2.05, 4.69) is 5.16 Å². The minimum absolute atomic E-state index is 0.112. The van der Waals surface area contributed by atoms with Crippen LogP contribution in [0.2, 0.25) is 5.02 Å². The van der Waals surface area contributed by atoms with E-state index in [1.54, 1.807) is 18.2 Å². The zero-order valence-electron chi connectivity index (χ0n) is 12.8. The smallest absolute Gasteiger partial charge is 0.233 e. The lowest BCUT2D eigenvalue weighted by atomic mass is 9.85. The van der Waals surface area contributed by atoms with Gasteiger partial charge in [-0.1, -0.05) is 41.0 Å². The SMILES string of the molecule is O=C1[C@@H]2CC=CC[C@H]2C(=O)N1Cc1cc(-c2ccc(Cl)cc2)no1. The predicted molar refractivity (Wildman–Crippen MR) is 87.9 cm³/mol. The van der Waals surface area contributed by atoms with Gasteiger partial charge >= 0.3 is 0 Å². The van der Waals surface area contributed by atoms with Crippen LogP contribution in [0.1, 0.15) is 18.6 Å². The number of halogens is 1. The number of carbonyl (C=O) groups is 2. The van der Waals surface area contributed by atoms with Crippen molar-refractivity contribution in [3.05, 3.63) is 53.3 Å². The fraction of sp³-hybridized carbons (Fsp3) is 0.278. The molecule has 5 nitrogen and oxygen atoms in total. The molecule has 0 radical (unpaired) electrons. The monoisotopic (exact) mass is 342 g/mol. The molecule has 4 rings (SSSR count). The quantitative estimate of drug-likeness (QED) is 0.633. The second-order valence-electron chi connectivity index (χ2n) is 6.10. The van der Waals surface area contributed by atoms with Gasteiger partial charge in [0.2, 0.25) is 11.8 Å². The molecular weight excluding hydrogens is 328 g/mol. The normalized spacial score (nSPS) is 23.0. The minimum atomic E-state index is -0.221. The first-order chi connectivity index (χ1) is 11.6. The topological polar surface area (TPSA) is 63.4 Å². The summed E-state index contributed by atoms with van der Waals surface area (Å²) in [4.78, 5) is 26.2. The molecule has 6 heteroatoms. The summed E-state index contributed by atoms with van der Waals surface area (Å²) in [6.45, 7) is 0.130. The Morgan fingerprint density at radius 2 is 1.71 bits per heavy atom. The maximum Gasteiger partial charge on any atom is 0.233 e. The Kier molecular flexibility index (Phi) is 3.73. The summed E-state index contributed by atoms with van der Waals surface area (Å²) in [6.07, 6.45) is 5.22. The van der Waals surface area contributed by atoms with Crippen molar-refractivity contribution < 1.29 is 14.1 Å². The first kappa shape index (κ1) is 15.1. The van der Waals surface area contributed by atoms with Gasteiger partial charge in [-0.25, -0.2) is 0 Å². The second kappa shape index (κ2) is 5.91. The van der Waals surface area contributed by atoms with Gasteiger partial charge in [0.05, 0.1) is 18.4 Å². The van der Waals surface area contributed by atoms with Crippen LogP contribution in [0, 0.1) is 11.8 Å². The van der Waals surface area contributed by atoms with Gasteiger partial charge < -0.3 is 4.52 Å². The van der Waals surface area contributed by atoms with Crippen LogP contribution in [-0.4, -0.2) is 21.9 Å². The number of allylic oxidation sites excluding steroid dienone is 2. The highest BCUT2D eigenvalue weighted by Gasteiger charge is 2.47.